The third-order valence-corrected chi connectivity index (χ3v) is 15.9. The Hall–Kier alpha value is -3.15. The van der Waals surface area contributed by atoms with Gasteiger partial charge in [-0.1, -0.05) is 312 Å². The Morgan fingerprint density at radius 3 is 0.720 bits per heavy atom. The van der Waals surface area contributed by atoms with Crippen LogP contribution in [-0.4, -0.2) is 37.2 Å². The van der Waals surface area contributed by atoms with Crippen LogP contribution in [0, 0.1) is 0 Å². The normalized spacial score (nSPS) is 12.5. The molecule has 0 aliphatic rings. The zero-order valence-electron chi connectivity index (χ0n) is 54.8. The van der Waals surface area contributed by atoms with E-state index in [2.05, 4.69) is 93.7 Å². The average Bonchev–Trinajstić information content (AvgIpc) is 3.47. The van der Waals surface area contributed by atoms with Crippen molar-refractivity contribution in [1.29, 1.82) is 0 Å². The van der Waals surface area contributed by atoms with E-state index >= 15 is 0 Å². The molecule has 0 amide bonds. The molecule has 0 saturated carbocycles. The summed E-state index contributed by atoms with van der Waals surface area (Å²) in [7, 11) is 0. The number of carbonyl (C=O) groups is 3. The van der Waals surface area contributed by atoms with Crippen molar-refractivity contribution < 1.29 is 28.6 Å². The van der Waals surface area contributed by atoms with Crippen molar-refractivity contribution in [2.45, 2.75) is 380 Å². The van der Waals surface area contributed by atoms with E-state index in [1.165, 1.54) is 244 Å². The fourth-order valence-electron chi connectivity index (χ4n) is 10.5. The Balaban J connectivity index is 4.22. The Morgan fingerprint density at radius 1 is 0.244 bits per heavy atom. The van der Waals surface area contributed by atoms with E-state index in [4.69, 9.17) is 14.2 Å². The van der Waals surface area contributed by atoms with E-state index in [0.29, 0.717) is 19.3 Å². The third-order valence-electron chi connectivity index (χ3n) is 15.9. The van der Waals surface area contributed by atoms with Gasteiger partial charge in [0.25, 0.3) is 0 Å². The van der Waals surface area contributed by atoms with Crippen LogP contribution in [-0.2, 0) is 28.6 Å². The highest BCUT2D eigenvalue weighted by molar-refractivity contribution is 5.71. The Labute approximate surface area is 510 Å². The molecule has 0 aromatic heterocycles. The summed E-state index contributed by atoms with van der Waals surface area (Å²) in [5.41, 5.74) is 0. The Bertz CT molecular complexity index is 1500. The van der Waals surface area contributed by atoms with Crippen LogP contribution in [0.1, 0.15) is 374 Å². The van der Waals surface area contributed by atoms with Gasteiger partial charge in [0.1, 0.15) is 13.2 Å². The molecule has 82 heavy (non-hydrogen) atoms. The minimum absolute atomic E-state index is 0.0781. The van der Waals surface area contributed by atoms with Crippen LogP contribution in [0.15, 0.2) is 72.9 Å². The minimum atomic E-state index is -0.783. The SMILES string of the molecule is CCCCC/C=C\CCCCCCCC(=O)OCC(COC(=O)CCCCCCCCCCCCCCCCCCC/C=C\C/C=C\CCCCCCC)OC(=O)CCCCCCCCCC/C=C\C/C=C\C/C=C\CCCCCCC. The first-order chi connectivity index (χ1) is 40.5. The summed E-state index contributed by atoms with van der Waals surface area (Å²) < 4.78 is 17.0. The summed E-state index contributed by atoms with van der Waals surface area (Å²) in [6.45, 7) is 6.63. The van der Waals surface area contributed by atoms with Crippen molar-refractivity contribution in [3.05, 3.63) is 72.9 Å². The van der Waals surface area contributed by atoms with Crippen molar-refractivity contribution in [3.63, 3.8) is 0 Å². The van der Waals surface area contributed by atoms with E-state index in [-0.39, 0.29) is 31.1 Å². The van der Waals surface area contributed by atoms with Crippen molar-refractivity contribution in [2.75, 3.05) is 13.2 Å². The number of hydrogen-bond acceptors (Lipinski definition) is 6. The molecule has 0 aromatic rings. The molecule has 0 bridgehead atoms. The first-order valence-electron chi connectivity index (χ1n) is 35.9. The summed E-state index contributed by atoms with van der Waals surface area (Å²) in [5.74, 6) is -0.875. The van der Waals surface area contributed by atoms with Gasteiger partial charge in [0.2, 0.25) is 0 Å². The molecule has 1 atom stereocenters. The standard InChI is InChI=1S/C76H136O6/c1-4-7-10-13-16-19-22-25-27-29-31-33-35-36-37-38-39-40-42-43-45-47-49-51-54-57-60-63-66-69-75(78)81-72-73(71-80-74(77)68-65-62-59-56-53-24-21-18-15-12-9-6-3)82-76(79)70-67-64-61-58-55-52-50-48-46-44-41-34-32-30-28-26-23-20-17-14-11-8-5-2/h18,21-23,25-26,29-32,41,44,73H,4-17,19-20,24,27-28,33-40,42-43,45-72H2,1-3H3/b21-18-,25-22-,26-23-,31-29-,32-30-,44-41-. The maximum absolute atomic E-state index is 12.9. The van der Waals surface area contributed by atoms with E-state index in [1.54, 1.807) is 0 Å². The molecule has 0 aromatic carbocycles. The fraction of sp³-hybridized carbons (Fsp3) is 0.803. The van der Waals surface area contributed by atoms with Crippen LogP contribution < -0.4 is 0 Å². The molecular formula is C76H136O6. The number of allylic oxidation sites excluding steroid dienone is 12. The molecule has 0 saturated heterocycles. The van der Waals surface area contributed by atoms with E-state index < -0.39 is 6.10 Å². The van der Waals surface area contributed by atoms with Gasteiger partial charge in [-0.25, -0.2) is 0 Å². The zero-order chi connectivity index (χ0) is 59.2. The highest BCUT2D eigenvalue weighted by atomic mass is 16.6. The molecular weight excluding hydrogens is 1010 g/mol. The maximum atomic E-state index is 12.9. The van der Waals surface area contributed by atoms with Gasteiger partial charge in [0.05, 0.1) is 0 Å². The van der Waals surface area contributed by atoms with Gasteiger partial charge in [-0.05, 0) is 116 Å². The molecule has 476 valence electrons. The lowest BCUT2D eigenvalue weighted by atomic mass is 10.0. The molecule has 6 nitrogen and oxygen atoms in total. The topological polar surface area (TPSA) is 78.9 Å². The van der Waals surface area contributed by atoms with Crippen molar-refractivity contribution in [3.8, 4) is 0 Å². The van der Waals surface area contributed by atoms with Crippen LogP contribution in [0.3, 0.4) is 0 Å². The molecule has 0 aliphatic carbocycles. The van der Waals surface area contributed by atoms with E-state index in [1.807, 2.05) is 0 Å². The van der Waals surface area contributed by atoms with Crippen LogP contribution in [0.25, 0.3) is 0 Å². The smallest absolute Gasteiger partial charge is 0.306 e. The van der Waals surface area contributed by atoms with Crippen LogP contribution in [0.4, 0.5) is 0 Å². The average molecular weight is 1150 g/mol. The highest BCUT2D eigenvalue weighted by Crippen LogP contribution is 2.17. The molecule has 0 heterocycles. The lowest BCUT2D eigenvalue weighted by Gasteiger charge is -2.18. The summed E-state index contributed by atoms with van der Waals surface area (Å²) >= 11 is 0. The van der Waals surface area contributed by atoms with Crippen molar-refractivity contribution >= 4 is 17.9 Å². The maximum Gasteiger partial charge on any atom is 0.306 e. The minimum Gasteiger partial charge on any atom is -0.462 e. The highest BCUT2D eigenvalue weighted by Gasteiger charge is 2.19. The van der Waals surface area contributed by atoms with Gasteiger partial charge in [-0.15, -0.1) is 0 Å². The lowest BCUT2D eigenvalue weighted by molar-refractivity contribution is -0.167. The Morgan fingerprint density at radius 2 is 0.439 bits per heavy atom. The molecule has 0 aliphatic heterocycles. The van der Waals surface area contributed by atoms with Gasteiger partial charge < -0.3 is 14.2 Å². The largest absolute Gasteiger partial charge is 0.462 e. The van der Waals surface area contributed by atoms with Gasteiger partial charge >= 0.3 is 17.9 Å². The van der Waals surface area contributed by atoms with Gasteiger partial charge in [-0.2, -0.15) is 0 Å². The predicted molar refractivity (Wildman–Crippen MR) is 358 cm³/mol. The van der Waals surface area contributed by atoms with Crippen LogP contribution >= 0.6 is 0 Å². The first kappa shape index (κ1) is 78.8. The van der Waals surface area contributed by atoms with E-state index in [9.17, 15) is 14.4 Å². The molecule has 0 fully saturated rings. The fourth-order valence-corrected chi connectivity index (χ4v) is 10.5. The lowest BCUT2D eigenvalue weighted by Crippen LogP contribution is -2.30. The Kier molecular flexibility index (Phi) is 67.6. The predicted octanol–water partition coefficient (Wildman–Crippen LogP) is 24.8. The second-order valence-electron chi connectivity index (χ2n) is 24.1. The summed E-state index contributed by atoms with van der Waals surface area (Å²) in [6.07, 6.45) is 92.2. The van der Waals surface area contributed by atoms with Crippen LogP contribution in [0.2, 0.25) is 0 Å². The van der Waals surface area contributed by atoms with E-state index in [0.717, 1.165) is 89.9 Å². The second-order valence-corrected chi connectivity index (χ2v) is 24.1. The monoisotopic (exact) mass is 1150 g/mol. The number of rotatable bonds is 66. The third kappa shape index (κ3) is 67.6. The van der Waals surface area contributed by atoms with Crippen LogP contribution in [0.5, 0.6) is 0 Å². The quantitative estimate of drug-likeness (QED) is 0.0261. The van der Waals surface area contributed by atoms with Crippen molar-refractivity contribution in [1.82, 2.24) is 0 Å². The van der Waals surface area contributed by atoms with Crippen molar-refractivity contribution in [2.24, 2.45) is 0 Å². The summed E-state index contributed by atoms with van der Waals surface area (Å²) in [5, 5.41) is 0. The summed E-state index contributed by atoms with van der Waals surface area (Å²) in [6, 6.07) is 0. The molecule has 6 heteroatoms. The molecule has 0 spiro atoms. The number of hydrogen-bond donors (Lipinski definition) is 0. The molecule has 0 N–H and O–H groups in total. The first-order valence-corrected chi connectivity index (χ1v) is 35.9. The molecule has 0 radical (unpaired) electrons. The van der Waals surface area contributed by atoms with Gasteiger partial charge in [0.15, 0.2) is 6.10 Å². The number of esters is 3. The number of carbonyl (C=O) groups excluding carboxylic acids is 3. The number of unbranched alkanes of at least 4 members (excludes halogenated alkanes) is 43. The second kappa shape index (κ2) is 70.3. The van der Waals surface area contributed by atoms with Gasteiger partial charge in [-0.3, -0.25) is 14.4 Å². The van der Waals surface area contributed by atoms with Gasteiger partial charge in [0, 0.05) is 19.3 Å². The zero-order valence-corrected chi connectivity index (χ0v) is 54.8. The number of ether oxygens (including phenoxy) is 3. The molecule has 0 rings (SSSR count). The summed E-state index contributed by atoms with van der Waals surface area (Å²) in [4.78, 5) is 38.4. The molecule has 1 unspecified atom stereocenters.